The van der Waals surface area contributed by atoms with Gasteiger partial charge in [-0.25, -0.2) is 4.79 Å². The third kappa shape index (κ3) is 3.48. The molecule has 5 nitrogen and oxygen atoms in total. The van der Waals surface area contributed by atoms with Crippen molar-refractivity contribution in [3.05, 3.63) is 29.3 Å². The molecule has 1 aromatic rings. The Labute approximate surface area is 137 Å². The SMILES string of the molecule is CC1OC(=O)N(c2ccc(C#N)c(C(F)(F)F)c2)C1C(O)C(F)(F)F. The largest absolute Gasteiger partial charge is 0.444 e. The number of anilines is 1. The fraction of sp³-hybridized carbons (Fsp3) is 0.429. The Morgan fingerprint density at radius 2 is 1.88 bits per heavy atom. The van der Waals surface area contributed by atoms with Gasteiger partial charge in [0.2, 0.25) is 0 Å². The Hall–Kier alpha value is -2.48. The maximum absolute atomic E-state index is 13.0. The number of halogens is 6. The average molecular weight is 368 g/mol. The van der Waals surface area contributed by atoms with Gasteiger partial charge < -0.3 is 9.84 Å². The van der Waals surface area contributed by atoms with E-state index < -0.39 is 53.5 Å². The van der Waals surface area contributed by atoms with Crippen molar-refractivity contribution in [3.63, 3.8) is 0 Å². The molecule has 1 saturated heterocycles. The number of nitrogens with zero attached hydrogens (tertiary/aromatic N) is 2. The molecule has 1 aliphatic rings. The van der Waals surface area contributed by atoms with Crippen LogP contribution in [0.25, 0.3) is 0 Å². The molecule has 0 aromatic heterocycles. The van der Waals surface area contributed by atoms with Gasteiger partial charge in [0.15, 0.2) is 6.10 Å². The Morgan fingerprint density at radius 3 is 2.36 bits per heavy atom. The van der Waals surface area contributed by atoms with E-state index in [0.29, 0.717) is 11.0 Å². The Balaban J connectivity index is 2.55. The van der Waals surface area contributed by atoms with Crippen LogP contribution in [-0.2, 0) is 10.9 Å². The lowest BCUT2D eigenvalue weighted by Gasteiger charge is -2.29. The van der Waals surface area contributed by atoms with E-state index in [0.717, 1.165) is 19.1 Å². The van der Waals surface area contributed by atoms with Crippen molar-refractivity contribution in [1.82, 2.24) is 0 Å². The molecule has 11 heteroatoms. The summed E-state index contributed by atoms with van der Waals surface area (Å²) in [6.07, 6.45) is -15.9. The number of aliphatic hydroxyl groups excluding tert-OH is 1. The first-order chi connectivity index (χ1) is 11.4. The van der Waals surface area contributed by atoms with Crippen LogP contribution in [0.3, 0.4) is 0 Å². The van der Waals surface area contributed by atoms with E-state index in [-0.39, 0.29) is 0 Å². The Kier molecular flexibility index (Phi) is 4.61. The third-order valence-electron chi connectivity index (χ3n) is 3.63. The van der Waals surface area contributed by atoms with Crippen molar-refractivity contribution < 1.29 is 41.0 Å². The second-order valence-corrected chi connectivity index (χ2v) is 5.28. The minimum absolute atomic E-state index is 0.305. The van der Waals surface area contributed by atoms with Crippen molar-refractivity contribution in [1.29, 1.82) is 5.26 Å². The number of rotatable bonds is 2. The van der Waals surface area contributed by atoms with E-state index in [1.54, 1.807) is 0 Å². The van der Waals surface area contributed by atoms with Gasteiger partial charge in [0, 0.05) is 5.69 Å². The van der Waals surface area contributed by atoms with Gasteiger partial charge in [-0.1, -0.05) is 0 Å². The van der Waals surface area contributed by atoms with E-state index in [1.165, 1.54) is 6.07 Å². The predicted molar refractivity (Wildman–Crippen MR) is 70.4 cm³/mol. The molecule has 0 saturated carbocycles. The molecule has 1 heterocycles. The van der Waals surface area contributed by atoms with Crippen LogP contribution >= 0.6 is 0 Å². The lowest BCUT2D eigenvalue weighted by molar-refractivity contribution is -0.212. The number of hydrogen-bond acceptors (Lipinski definition) is 4. The molecule has 0 bridgehead atoms. The second kappa shape index (κ2) is 6.11. The van der Waals surface area contributed by atoms with Crippen molar-refractivity contribution in [2.75, 3.05) is 4.90 Å². The number of benzene rings is 1. The van der Waals surface area contributed by atoms with Crippen molar-refractivity contribution in [2.24, 2.45) is 0 Å². The maximum Gasteiger partial charge on any atom is 0.417 e. The molecule has 3 unspecified atom stereocenters. The molecule has 136 valence electrons. The standard InChI is InChI=1S/C14H10F6N2O3/c1-6-10(11(23)14(18,19)20)22(12(24)25-6)8-3-2-7(5-21)9(4-8)13(15,16)17/h2-4,6,10-11,23H,1H3. The van der Waals surface area contributed by atoms with Crippen molar-refractivity contribution in [2.45, 2.75) is 37.5 Å². The van der Waals surface area contributed by atoms with Crippen LogP contribution in [0.2, 0.25) is 0 Å². The highest BCUT2D eigenvalue weighted by Crippen LogP contribution is 2.38. The van der Waals surface area contributed by atoms with Gasteiger partial charge in [0.1, 0.15) is 12.1 Å². The first kappa shape index (κ1) is 18.9. The van der Waals surface area contributed by atoms with Gasteiger partial charge in [-0.3, -0.25) is 4.90 Å². The van der Waals surface area contributed by atoms with Gasteiger partial charge in [0.25, 0.3) is 0 Å². The number of cyclic esters (lactones) is 1. The topological polar surface area (TPSA) is 73.6 Å². The molecule has 3 atom stereocenters. The van der Waals surface area contributed by atoms with Gasteiger partial charge in [-0.2, -0.15) is 31.6 Å². The predicted octanol–water partition coefficient (Wildman–Crippen LogP) is 3.21. The molecule has 1 aromatic carbocycles. The first-order valence-corrected chi connectivity index (χ1v) is 6.74. The van der Waals surface area contributed by atoms with Crippen LogP contribution in [0, 0.1) is 11.3 Å². The van der Waals surface area contributed by atoms with Gasteiger partial charge >= 0.3 is 18.4 Å². The van der Waals surface area contributed by atoms with Gasteiger partial charge in [-0.05, 0) is 25.1 Å². The summed E-state index contributed by atoms with van der Waals surface area (Å²) in [7, 11) is 0. The Bertz CT molecular complexity index is 725. The first-order valence-electron chi connectivity index (χ1n) is 6.74. The highest BCUT2D eigenvalue weighted by atomic mass is 19.4. The number of ether oxygens (including phenoxy) is 1. The number of carbonyl (C=O) groups excluding carboxylic acids is 1. The number of alkyl halides is 6. The summed E-state index contributed by atoms with van der Waals surface area (Å²) in [6.45, 7) is 1.08. The maximum atomic E-state index is 13.0. The molecule has 1 amide bonds. The van der Waals surface area contributed by atoms with E-state index in [1.807, 2.05) is 0 Å². The smallest absolute Gasteiger partial charge is 0.417 e. The van der Waals surface area contributed by atoms with Crippen molar-refractivity contribution >= 4 is 11.8 Å². The number of nitriles is 1. The monoisotopic (exact) mass is 368 g/mol. The molecule has 0 spiro atoms. The van der Waals surface area contributed by atoms with Crippen LogP contribution in [0.15, 0.2) is 18.2 Å². The highest BCUT2D eigenvalue weighted by Gasteiger charge is 2.54. The van der Waals surface area contributed by atoms with Crippen LogP contribution in [-0.4, -0.2) is 35.6 Å². The average Bonchev–Trinajstić information content (AvgIpc) is 2.78. The molecule has 2 rings (SSSR count). The van der Waals surface area contributed by atoms with Crippen LogP contribution in [0.5, 0.6) is 0 Å². The zero-order valence-electron chi connectivity index (χ0n) is 12.4. The summed E-state index contributed by atoms with van der Waals surface area (Å²) in [4.78, 5) is 12.1. The fourth-order valence-electron chi connectivity index (χ4n) is 2.50. The summed E-state index contributed by atoms with van der Waals surface area (Å²) in [6, 6.07) is 1.32. The summed E-state index contributed by atoms with van der Waals surface area (Å²) < 4.78 is 82.1. The normalized spacial score (nSPS) is 22.5. The minimum Gasteiger partial charge on any atom is -0.444 e. The molecule has 1 fully saturated rings. The molecule has 25 heavy (non-hydrogen) atoms. The molecule has 0 aliphatic carbocycles. The molecule has 1 aliphatic heterocycles. The molecular weight excluding hydrogens is 358 g/mol. The van der Waals surface area contributed by atoms with Crippen LogP contribution < -0.4 is 4.90 Å². The fourth-order valence-corrected chi connectivity index (χ4v) is 2.50. The molecule has 0 radical (unpaired) electrons. The highest BCUT2D eigenvalue weighted by molar-refractivity contribution is 5.91. The third-order valence-corrected chi connectivity index (χ3v) is 3.63. The van der Waals surface area contributed by atoms with Crippen LogP contribution in [0.1, 0.15) is 18.1 Å². The Morgan fingerprint density at radius 1 is 1.28 bits per heavy atom. The minimum atomic E-state index is -5.12. The number of hydrogen-bond donors (Lipinski definition) is 1. The van der Waals surface area contributed by atoms with E-state index >= 15 is 0 Å². The van der Waals surface area contributed by atoms with E-state index in [4.69, 9.17) is 5.26 Å². The number of amides is 1. The quantitative estimate of drug-likeness (QED) is 0.814. The summed E-state index contributed by atoms with van der Waals surface area (Å²) >= 11 is 0. The van der Waals surface area contributed by atoms with Crippen molar-refractivity contribution in [3.8, 4) is 6.07 Å². The van der Waals surface area contributed by atoms with E-state index in [9.17, 15) is 36.2 Å². The lowest BCUT2D eigenvalue weighted by atomic mass is 10.0. The van der Waals surface area contributed by atoms with E-state index in [2.05, 4.69) is 4.74 Å². The van der Waals surface area contributed by atoms with Gasteiger partial charge in [-0.15, -0.1) is 0 Å². The number of carbonyl (C=O) groups is 1. The summed E-state index contributed by atoms with van der Waals surface area (Å²) in [5, 5.41) is 18.2. The molecule has 1 N–H and O–H groups in total. The zero-order valence-corrected chi connectivity index (χ0v) is 12.4. The summed E-state index contributed by atoms with van der Waals surface area (Å²) in [5.41, 5.74) is -2.75. The second-order valence-electron chi connectivity index (χ2n) is 5.28. The molecular formula is C14H10F6N2O3. The number of aliphatic hydroxyl groups is 1. The zero-order chi connectivity index (χ0) is 19.2. The van der Waals surface area contributed by atoms with Crippen LogP contribution in [0.4, 0.5) is 36.8 Å². The lowest BCUT2D eigenvalue weighted by Crippen LogP contribution is -2.51. The van der Waals surface area contributed by atoms with Gasteiger partial charge in [0.05, 0.1) is 17.2 Å². The summed E-state index contributed by atoms with van der Waals surface area (Å²) in [5.74, 6) is 0.